The molecule has 30 heavy (non-hydrogen) atoms. The second-order valence-electron chi connectivity index (χ2n) is 7.15. The van der Waals surface area contributed by atoms with Gasteiger partial charge in [-0.1, -0.05) is 36.4 Å². The number of rotatable bonds is 4. The Morgan fingerprint density at radius 3 is 2.13 bits per heavy atom. The Morgan fingerprint density at radius 1 is 0.767 bits per heavy atom. The first kappa shape index (κ1) is 20.1. The fourth-order valence-electron chi connectivity index (χ4n) is 3.60. The van der Waals surface area contributed by atoms with Crippen LogP contribution in [0, 0.1) is 0 Å². The Bertz CT molecular complexity index is 1230. The number of nitrogens with zero attached hydrogens (tertiary/aromatic N) is 2. The molecule has 1 fully saturated rings. The molecule has 8 heteroatoms. The molecule has 4 rings (SSSR count). The summed E-state index contributed by atoms with van der Waals surface area (Å²) in [6, 6.07) is 18.9. The van der Waals surface area contributed by atoms with Crippen LogP contribution >= 0.6 is 0 Å². The normalized spacial score (nSPS) is 15.3. The lowest BCUT2D eigenvalue weighted by Gasteiger charge is -2.34. The Kier molecular flexibility index (Phi) is 5.27. The van der Waals surface area contributed by atoms with Crippen molar-refractivity contribution in [2.45, 2.75) is 4.90 Å². The third-order valence-corrected chi connectivity index (χ3v) is 7.17. The number of sulfonamides is 1. The average Bonchev–Trinajstić information content (AvgIpc) is 2.78. The Balaban J connectivity index is 1.48. The van der Waals surface area contributed by atoms with Crippen molar-refractivity contribution in [3.8, 4) is 0 Å². The van der Waals surface area contributed by atoms with Crippen molar-refractivity contribution < 1.29 is 18.0 Å². The Labute approximate surface area is 174 Å². The van der Waals surface area contributed by atoms with Crippen LogP contribution in [0.4, 0.5) is 0 Å². The van der Waals surface area contributed by atoms with Gasteiger partial charge in [-0.15, -0.1) is 0 Å². The molecule has 7 nitrogen and oxygen atoms in total. The van der Waals surface area contributed by atoms with Gasteiger partial charge in [-0.25, -0.2) is 8.42 Å². The molecule has 1 aliphatic heterocycles. The molecule has 1 heterocycles. The van der Waals surface area contributed by atoms with E-state index in [9.17, 15) is 18.0 Å². The van der Waals surface area contributed by atoms with Crippen LogP contribution in [0.2, 0.25) is 0 Å². The van der Waals surface area contributed by atoms with Crippen LogP contribution in [0.1, 0.15) is 20.7 Å². The molecule has 0 saturated carbocycles. The minimum absolute atomic E-state index is 0.205. The smallest absolute Gasteiger partial charge is 0.253 e. The predicted molar refractivity (Wildman–Crippen MR) is 114 cm³/mol. The van der Waals surface area contributed by atoms with E-state index >= 15 is 0 Å². The van der Waals surface area contributed by atoms with E-state index in [1.165, 1.54) is 10.4 Å². The summed E-state index contributed by atoms with van der Waals surface area (Å²) < 4.78 is 27.5. The highest BCUT2D eigenvalue weighted by molar-refractivity contribution is 7.89. The van der Waals surface area contributed by atoms with E-state index < -0.39 is 15.9 Å². The number of amides is 2. The van der Waals surface area contributed by atoms with E-state index in [1.54, 1.807) is 41.3 Å². The van der Waals surface area contributed by atoms with Crippen LogP contribution in [0.3, 0.4) is 0 Å². The largest absolute Gasteiger partial charge is 0.366 e. The lowest BCUT2D eigenvalue weighted by atomic mass is 10.1. The summed E-state index contributed by atoms with van der Waals surface area (Å²) in [7, 11) is -3.65. The number of carbonyl (C=O) groups is 2. The summed E-state index contributed by atoms with van der Waals surface area (Å²) in [5, 5.41) is 1.84. The third-order valence-electron chi connectivity index (χ3n) is 5.28. The molecule has 1 aliphatic rings. The molecule has 154 valence electrons. The van der Waals surface area contributed by atoms with Gasteiger partial charge in [0.05, 0.1) is 4.90 Å². The standard InChI is InChI=1S/C22H21N3O4S/c23-21(26)18-6-3-7-19(14-18)22(27)24-10-12-25(13-11-24)30(28,29)20-9-8-16-4-1-2-5-17(16)15-20/h1-9,14-15H,10-13H2,(H2,23,26). The van der Waals surface area contributed by atoms with E-state index in [1.807, 2.05) is 24.3 Å². The number of benzene rings is 3. The lowest BCUT2D eigenvalue weighted by Crippen LogP contribution is -2.50. The van der Waals surface area contributed by atoms with Gasteiger partial charge in [0, 0.05) is 37.3 Å². The first-order valence-corrected chi connectivity index (χ1v) is 11.0. The highest BCUT2D eigenvalue weighted by Gasteiger charge is 2.30. The number of fused-ring (bicyclic) bond motifs is 1. The molecular formula is C22H21N3O4S. The fourth-order valence-corrected chi connectivity index (χ4v) is 5.05. The van der Waals surface area contributed by atoms with Gasteiger partial charge in [0.1, 0.15) is 0 Å². The van der Waals surface area contributed by atoms with Crippen molar-refractivity contribution in [2.75, 3.05) is 26.2 Å². The van der Waals surface area contributed by atoms with Crippen LogP contribution in [-0.4, -0.2) is 55.6 Å². The van der Waals surface area contributed by atoms with Crippen molar-refractivity contribution in [2.24, 2.45) is 5.73 Å². The number of piperazine rings is 1. The van der Waals surface area contributed by atoms with E-state index in [0.717, 1.165) is 10.8 Å². The molecule has 0 atom stereocenters. The number of primary amides is 1. The molecule has 0 radical (unpaired) electrons. The Hall–Kier alpha value is -3.23. The average molecular weight is 423 g/mol. The summed E-state index contributed by atoms with van der Waals surface area (Å²) in [5.74, 6) is -0.850. The maximum Gasteiger partial charge on any atom is 0.253 e. The number of nitrogens with two attached hydrogens (primary N) is 1. The van der Waals surface area contributed by atoms with Crippen LogP contribution < -0.4 is 5.73 Å². The maximum absolute atomic E-state index is 13.1. The van der Waals surface area contributed by atoms with Gasteiger partial charge in [0.15, 0.2) is 0 Å². The number of carbonyl (C=O) groups excluding carboxylic acids is 2. The zero-order valence-corrected chi connectivity index (χ0v) is 17.0. The van der Waals surface area contributed by atoms with Crippen molar-refractivity contribution in [3.05, 3.63) is 77.9 Å². The summed E-state index contributed by atoms with van der Waals surface area (Å²) >= 11 is 0. The molecule has 0 spiro atoms. The SMILES string of the molecule is NC(=O)c1cccc(C(=O)N2CCN(S(=O)(=O)c3ccc4ccccc4c3)CC2)c1. The molecule has 0 aliphatic carbocycles. The van der Waals surface area contributed by atoms with Gasteiger partial charge in [-0.2, -0.15) is 4.31 Å². The number of hydrogen-bond acceptors (Lipinski definition) is 4. The summed E-state index contributed by atoms with van der Waals surface area (Å²) in [6.07, 6.45) is 0. The van der Waals surface area contributed by atoms with E-state index in [0.29, 0.717) is 5.56 Å². The highest BCUT2D eigenvalue weighted by Crippen LogP contribution is 2.23. The Morgan fingerprint density at radius 2 is 1.43 bits per heavy atom. The van der Waals surface area contributed by atoms with Gasteiger partial charge in [-0.3, -0.25) is 9.59 Å². The van der Waals surface area contributed by atoms with Gasteiger partial charge in [-0.05, 0) is 41.1 Å². The summed E-state index contributed by atoms with van der Waals surface area (Å²) in [4.78, 5) is 25.9. The molecule has 2 N–H and O–H groups in total. The summed E-state index contributed by atoms with van der Waals surface area (Å²) in [5.41, 5.74) is 5.90. The summed E-state index contributed by atoms with van der Waals surface area (Å²) in [6.45, 7) is 0.950. The molecule has 0 aromatic heterocycles. The zero-order chi connectivity index (χ0) is 21.3. The molecule has 2 amide bonds. The highest BCUT2D eigenvalue weighted by atomic mass is 32.2. The molecule has 3 aromatic carbocycles. The second-order valence-corrected chi connectivity index (χ2v) is 9.09. The van der Waals surface area contributed by atoms with Crippen LogP contribution in [-0.2, 0) is 10.0 Å². The van der Waals surface area contributed by atoms with Crippen LogP contribution in [0.15, 0.2) is 71.6 Å². The molecule has 0 bridgehead atoms. The van der Waals surface area contributed by atoms with Crippen molar-refractivity contribution in [1.82, 2.24) is 9.21 Å². The van der Waals surface area contributed by atoms with Crippen molar-refractivity contribution in [1.29, 1.82) is 0 Å². The monoisotopic (exact) mass is 423 g/mol. The fraction of sp³-hybridized carbons (Fsp3) is 0.182. The van der Waals surface area contributed by atoms with Crippen molar-refractivity contribution in [3.63, 3.8) is 0 Å². The topological polar surface area (TPSA) is 101 Å². The number of hydrogen-bond donors (Lipinski definition) is 1. The van der Waals surface area contributed by atoms with Crippen LogP contribution in [0.25, 0.3) is 10.8 Å². The predicted octanol–water partition coefficient (Wildman–Crippen LogP) is 2.09. The van der Waals surface area contributed by atoms with Gasteiger partial charge >= 0.3 is 0 Å². The first-order chi connectivity index (χ1) is 14.4. The second kappa shape index (κ2) is 7.89. The minimum atomic E-state index is -3.65. The van der Waals surface area contributed by atoms with E-state index in [-0.39, 0.29) is 42.5 Å². The third kappa shape index (κ3) is 3.79. The minimum Gasteiger partial charge on any atom is -0.366 e. The molecule has 1 saturated heterocycles. The van der Waals surface area contributed by atoms with E-state index in [2.05, 4.69) is 0 Å². The van der Waals surface area contributed by atoms with Crippen molar-refractivity contribution >= 4 is 32.6 Å². The zero-order valence-electron chi connectivity index (χ0n) is 16.2. The van der Waals surface area contributed by atoms with Gasteiger partial charge < -0.3 is 10.6 Å². The van der Waals surface area contributed by atoms with E-state index in [4.69, 9.17) is 5.73 Å². The van der Waals surface area contributed by atoms with Gasteiger partial charge in [0.25, 0.3) is 5.91 Å². The lowest BCUT2D eigenvalue weighted by molar-refractivity contribution is 0.0698. The maximum atomic E-state index is 13.1. The quantitative estimate of drug-likeness (QED) is 0.694. The first-order valence-electron chi connectivity index (χ1n) is 9.54. The van der Waals surface area contributed by atoms with Crippen LogP contribution in [0.5, 0.6) is 0 Å². The molecule has 0 unspecified atom stereocenters. The molecule has 3 aromatic rings. The molecular weight excluding hydrogens is 402 g/mol. The van der Waals surface area contributed by atoms with Gasteiger partial charge in [0.2, 0.25) is 15.9 Å².